The highest BCUT2D eigenvalue weighted by atomic mass is 16.3. The van der Waals surface area contributed by atoms with E-state index in [0.717, 1.165) is 11.2 Å². The molecule has 0 atom stereocenters. The van der Waals surface area contributed by atoms with Crippen molar-refractivity contribution in [1.82, 2.24) is 5.32 Å². The Balaban J connectivity index is 0.000000147. The van der Waals surface area contributed by atoms with Crippen LogP contribution in [-0.2, 0) is 0 Å². The third-order valence-corrected chi connectivity index (χ3v) is 3.00. The van der Waals surface area contributed by atoms with Gasteiger partial charge < -0.3 is 9.73 Å². The summed E-state index contributed by atoms with van der Waals surface area (Å²) in [5, 5.41) is 5.31. The number of hydrogen-bond acceptors (Lipinski definition) is 2. The molecule has 0 saturated carbocycles. The second-order valence-electron chi connectivity index (χ2n) is 4.36. The monoisotopic (exact) mass is 261 g/mol. The van der Waals surface area contributed by atoms with Crippen molar-refractivity contribution in [2.75, 3.05) is 0 Å². The molecule has 0 saturated heterocycles. The largest absolute Gasteiger partial charge is 0.456 e. The average Bonchev–Trinajstić information content (AvgIpc) is 2.68. The van der Waals surface area contributed by atoms with Gasteiger partial charge in [-0.3, -0.25) is 0 Å². The van der Waals surface area contributed by atoms with Crippen LogP contribution in [0.5, 0.6) is 0 Å². The van der Waals surface area contributed by atoms with Crippen molar-refractivity contribution in [3.8, 4) is 0 Å². The Labute approximate surface area is 117 Å². The quantitative estimate of drug-likeness (QED) is 0.631. The van der Waals surface area contributed by atoms with Crippen molar-refractivity contribution < 1.29 is 4.42 Å². The summed E-state index contributed by atoms with van der Waals surface area (Å²) in [5.41, 5.74) is 1.92. The van der Waals surface area contributed by atoms with E-state index in [1.807, 2.05) is 73.1 Å². The Morgan fingerprint density at radius 3 is 1.65 bits per heavy atom. The van der Waals surface area contributed by atoms with Gasteiger partial charge in [0.25, 0.3) is 0 Å². The second kappa shape index (κ2) is 5.93. The molecule has 2 heteroatoms. The van der Waals surface area contributed by atoms with Crippen molar-refractivity contribution in [1.29, 1.82) is 0 Å². The zero-order valence-corrected chi connectivity index (χ0v) is 11.0. The van der Waals surface area contributed by atoms with E-state index in [4.69, 9.17) is 4.42 Å². The molecule has 0 spiro atoms. The molecule has 1 aliphatic heterocycles. The van der Waals surface area contributed by atoms with Gasteiger partial charge in [-0.2, -0.15) is 0 Å². The van der Waals surface area contributed by atoms with Gasteiger partial charge in [-0.25, -0.2) is 0 Å². The van der Waals surface area contributed by atoms with Gasteiger partial charge in [-0.05, 0) is 24.3 Å². The van der Waals surface area contributed by atoms with Crippen LogP contribution < -0.4 is 5.32 Å². The SMILES string of the molecule is C1=CC=CNC=C1.c1ccc2c(c1)oc1ccccc12. The Bertz CT molecular complexity index is 729. The van der Waals surface area contributed by atoms with E-state index >= 15 is 0 Å². The molecule has 1 aliphatic rings. The Morgan fingerprint density at radius 1 is 0.600 bits per heavy atom. The second-order valence-corrected chi connectivity index (χ2v) is 4.36. The highest BCUT2D eigenvalue weighted by Crippen LogP contribution is 2.27. The molecule has 0 unspecified atom stereocenters. The topological polar surface area (TPSA) is 25.2 Å². The maximum atomic E-state index is 5.65. The summed E-state index contributed by atoms with van der Waals surface area (Å²) in [4.78, 5) is 0. The molecule has 0 amide bonds. The first-order chi connectivity index (χ1) is 9.95. The van der Waals surface area contributed by atoms with Crippen molar-refractivity contribution in [2.24, 2.45) is 0 Å². The summed E-state index contributed by atoms with van der Waals surface area (Å²) in [7, 11) is 0. The zero-order valence-electron chi connectivity index (χ0n) is 11.0. The van der Waals surface area contributed by atoms with Gasteiger partial charge in [0, 0.05) is 23.2 Å². The number of fused-ring (bicyclic) bond motifs is 3. The molecule has 2 nitrogen and oxygen atoms in total. The van der Waals surface area contributed by atoms with Crippen LogP contribution in [0.4, 0.5) is 0 Å². The van der Waals surface area contributed by atoms with Crippen molar-refractivity contribution in [3.63, 3.8) is 0 Å². The van der Waals surface area contributed by atoms with E-state index < -0.39 is 0 Å². The molecule has 98 valence electrons. The third-order valence-electron chi connectivity index (χ3n) is 3.00. The summed E-state index contributed by atoms with van der Waals surface area (Å²) in [6.45, 7) is 0. The van der Waals surface area contributed by atoms with Gasteiger partial charge in [0.1, 0.15) is 11.2 Å². The lowest BCUT2D eigenvalue weighted by Crippen LogP contribution is -1.87. The average molecular weight is 261 g/mol. The number of para-hydroxylation sites is 2. The van der Waals surface area contributed by atoms with Crippen LogP contribution in [0.1, 0.15) is 0 Å². The smallest absolute Gasteiger partial charge is 0.135 e. The van der Waals surface area contributed by atoms with Gasteiger partial charge in [0.2, 0.25) is 0 Å². The molecule has 0 aliphatic carbocycles. The summed E-state index contributed by atoms with van der Waals surface area (Å²) in [6.07, 6.45) is 11.6. The number of benzene rings is 2. The van der Waals surface area contributed by atoms with Crippen LogP contribution in [-0.4, -0.2) is 0 Å². The zero-order chi connectivity index (χ0) is 13.6. The maximum Gasteiger partial charge on any atom is 0.135 e. The van der Waals surface area contributed by atoms with Crippen LogP contribution in [0.15, 0.2) is 89.7 Å². The lowest BCUT2D eigenvalue weighted by Gasteiger charge is -1.85. The minimum atomic E-state index is 0.962. The standard InChI is InChI=1S/C12H8O.C6H7N/c1-3-7-11-9(5-1)10-6-2-4-8-12(10)13-11;1-2-4-6-7-5-3-1/h1-8H;1-7H. The number of nitrogens with one attached hydrogen (secondary N) is 1. The minimum Gasteiger partial charge on any atom is -0.456 e. The first-order valence-electron chi connectivity index (χ1n) is 6.56. The molecule has 0 fully saturated rings. The van der Waals surface area contributed by atoms with E-state index in [1.54, 1.807) is 0 Å². The summed E-state index contributed by atoms with van der Waals surface area (Å²) < 4.78 is 5.65. The van der Waals surface area contributed by atoms with E-state index in [2.05, 4.69) is 17.4 Å². The molecule has 1 aromatic heterocycles. The van der Waals surface area contributed by atoms with Gasteiger partial charge in [-0.15, -0.1) is 0 Å². The Morgan fingerprint density at radius 2 is 1.10 bits per heavy atom. The van der Waals surface area contributed by atoms with Crippen molar-refractivity contribution in [2.45, 2.75) is 0 Å². The van der Waals surface area contributed by atoms with Crippen LogP contribution in [0.2, 0.25) is 0 Å². The fourth-order valence-corrected chi connectivity index (χ4v) is 2.08. The van der Waals surface area contributed by atoms with Crippen LogP contribution in [0.25, 0.3) is 21.9 Å². The molecule has 4 rings (SSSR count). The van der Waals surface area contributed by atoms with Crippen molar-refractivity contribution in [3.05, 3.63) is 85.2 Å². The summed E-state index contributed by atoms with van der Waals surface area (Å²) >= 11 is 0. The molecule has 0 bridgehead atoms. The fourth-order valence-electron chi connectivity index (χ4n) is 2.08. The molecule has 3 aromatic rings. The number of rotatable bonds is 0. The first kappa shape index (κ1) is 12.3. The lowest BCUT2D eigenvalue weighted by molar-refractivity contribution is 0.669. The van der Waals surface area contributed by atoms with Crippen molar-refractivity contribution >= 4 is 21.9 Å². The van der Waals surface area contributed by atoms with Crippen LogP contribution >= 0.6 is 0 Å². The highest BCUT2D eigenvalue weighted by molar-refractivity contribution is 6.04. The predicted octanol–water partition coefficient (Wildman–Crippen LogP) is 4.76. The number of hydrogen-bond donors (Lipinski definition) is 1. The molecular weight excluding hydrogens is 246 g/mol. The molecular formula is C18H15NO. The predicted molar refractivity (Wildman–Crippen MR) is 84.3 cm³/mol. The molecule has 2 heterocycles. The first-order valence-corrected chi connectivity index (χ1v) is 6.56. The van der Waals surface area contributed by atoms with Crippen LogP contribution in [0, 0.1) is 0 Å². The summed E-state index contributed by atoms with van der Waals surface area (Å²) in [6, 6.07) is 16.2. The molecule has 2 aromatic carbocycles. The fraction of sp³-hybridized carbons (Fsp3) is 0. The highest BCUT2D eigenvalue weighted by Gasteiger charge is 2.03. The number of furan rings is 1. The molecule has 1 N–H and O–H groups in total. The molecule has 0 radical (unpaired) electrons. The molecule has 20 heavy (non-hydrogen) atoms. The number of allylic oxidation sites excluding steroid dienone is 4. The van der Waals surface area contributed by atoms with E-state index in [-0.39, 0.29) is 0 Å². The van der Waals surface area contributed by atoms with Gasteiger partial charge >= 0.3 is 0 Å². The lowest BCUT2D eigenvalue weighted by atomic mass is 10.2. The van der Waals surface area contributed by atoms with E-state index in [1.165, 1.54) is 10.8 Å². The Kier molecular flexibility index (Phi) is 3.65. The maximum absolute atomic E-state index is 5.65. The van der Waals surface area contributed by atoms with E-state index in [9.17, 15) is 0 Å². The van der Waals surface area contributed by atoms with Gasteiger partial charge in [-0.1, -0.05) is 48.6 Å². The van der Waals surface area contributed by atoms with Gasteiger partial charge in [0.05, 0.1) is 0 Å². The minimum absolute atomic E-state index is 0.962. The van der Waals surface area contributed by atoms with Crippen LogP contribution in [0.3, 0.4) is 0 Å². The normalized spacial score (nSPS) is 12.8. The summed E-state index contributed by atoms with van der Waals surface area (Å²) in [5.74, 6) is 0. The van der Waals surface area contributed by atoms with Gasteiger partial charge in [0.15, 0.2) is 0 Å². The Hall–Kier alpha value is -2.74. The van der Waals surface area contributed by atoms with E-state index in [0.29, 0.717) is 0 Å². The third kappa shape index (κ3) is 2.64.